The molecule has 0 unspecified atom stereocenters. The van der Waals surface area contributed by atoms with Gasteiger partial charge in [-0.15, -0.1) is 0 Å². The molecule has 1 amide bonds. The Kier molecular flexibility index (Phi) is 3.53. The van der Waals surface area contributed by atoms with Crippen molar-refractivity contribution in [2.75, 3.05) is 19.2 Å². The molecule has 0 radical (unpaired) electrons. The molecule has 2 aromatic carbocycles. The number of amides is 1. The van der Waals surface area contributed by atoms with Crippen LogP contribution in [0.1, 0.15) is 20.8 Å². The van der Waals surface area contributed by atoms with Gasteiger partial charge in [0.15, 0.2) is 11.5 Å². The first-order valence-electron chi connectivity index (χ1n) is 7.57. The third-order valence-electron chi connectivity index (χ3n) is 3.97. The molecule has 7 heteroatoms. The summed E-state index contributed by atoms with van der Waals surface area (Å²) in [4.78, 5) is 27.7. The van der Waals surface area contributed by atoms with Crippen LogP contribution < -0.4 is 14.8 Å². The summed E-state index contributed by atoms with van der Waals surface area (Å²) in [5, 5.41) is 3.51. The van der Waals surface area contributed by atoms with Gasteiger partial charge in [0.25, 0.3) is 5.91 Å². The zero-order chi connectivity index (χ0) is 17.4. The van der Waals surface area contributed by atoms with Crippen LogP contribution in [0.3, 0.4) is 0 Å². The molecule has 1 aromatic heterocycles. The van der Waals surface area contributed by atoms with Crippen LogP contribution in [0.15, 0.2) is 42.5 Å². The van der Waals surface area contributed by atoms with Crippen LogP contribution in [0.25, 0.3) is 10.9 Å². The van der Waals surface area contributed by atoms with Crippen LogP contribution in [0, 0.1) is 0 Å². The number of methoxy groups -OCH3 is 1. The van der Waals surface area contributed by atoms with E-state index in [1.165, 1.54) is 7.11 Å². The number of aromatic amines is 1. The van der Waals surface area contributed by atoms with Crippen LogP contribution in [-0.4, -0.2) is 30.8 Å². The van der Waals surface area contributed by atoms with E-state index in [1.54, 1.807) is 18.2 Å². The highest BCUT2D eigenvalue weighted by Crippen LogP contribution is 2.33. The van der Waals surface area contributed by atoms with E-state index >= 15 is 0 Å². The number of hydrogen-bond donors (Lipinski definition) is 2. The van der Waals surface area contributed by atoms with Crippen molar-refractivity contribution < 1.29 is 23.8 Å². The summed E-state index contributed by atoms with van der Waals surface area (Å²) >= 11 is 0. The van der Waals surface area contributed by atoms with Gasteiger partial charge < -0.3 is 24.5 Å². The van der Waals surface area contributed by atoms with Crippen molar-refractivity contribution in [2.45, 2.75) is 0 Å². The molecule has 0 saturated carbocycles. The average Bonchev–Trinajstić information content (AvgIpc) is 3.25. The first-order chi connectivity index (χ1) is 12.2. The number of rotatable bonds is 3. The number of para-hydroxylation sites is 1. The lowest BCUT2D eigenvalue weighted by Crippen LogP contribution is -2.15. The number of hydrogen-bond acceptors (Lipinski definition) is 5. The molecular formula is C18H14N2O5. The van der Waals surface area contributed by atoms with Gasteiger partial charge in [0.1, 0.15) is 5.69 Å². The number of esters is 1. The molecule has 7 nitrogen and oxygen atoms in total. The Labute approximate surface area is 142 Å². The number of nitrogens with one attached hydrogen (secondary N) is 2. The Balaban J connectivity index is 1.72. The second-order valence-electron chi connectivity index (χ2n) is 5.43. The summed E-state index contributed by atoms with van der Waals surface area (Å²) in [6, 6.07) is 12.2. The van der Waals surface area contributed by atoms with Crippen molar-refractivity contribution in [1.82, 2.24) is 4.98 Å². The molecule has 126 valence electrons. The van der Waals surface area contributed by atoms with E-state index < -0.39 is 5.97 Å². The third kappa shape index (κ3) is 2.55. The number of anilines is 1. The molecule has 0 bridgehead atoms. The minimum atomic E-state index is -0.558. The molecule has 0 fully saturated rings. The van der Waals surface area contributed by atoms with Crippen molar-refractivity contribution in [2.24, 2.45) is 0 Å². The van der Waals surface area contributed by atoms with E-state index in [-0.39, 0.29) is 18.4 Å². The molecule has 3 aromatic rings. The molecular weight excluding hydrogens is 324 g/mol. The fourth-order valence-electron chi connectivity index (χ4n) is 2.75. The lowest BCUT2D eigenvalue weighted by Gasteiger charge is -2.07. The van der Waals surface area contributed by atoms with Crippen LogP contribution in [-0.2, 0) is 4.74 Å². The van der Waals surface area contributed by atoms with Gasteiger partial charge in [-0.2, -0.15) is 0 Å². The number of H-pyrrole nitrogens is 1. The summed E-state index contributed by atoms with van der Waals surface area (Å²) in [5.74, 6) is 0.184. The van der Waals surface area contributed by atoms with Gasteiger partial charge >= 0.3 is 5.97 Å². The Morgan fingerprint density at radius 1 is 1.12 bits per heavy atom. The summed E-state index contributed by atoms with van der Waals surface area (Å²) in [7, 11) is 1.29. The molecule has 2 N–H and O–H groups in total. The van der Waals surface area contributed by atoms with E-state index in [0.717, 1.165) is 10.9 Å². The highest BCUT2D eigenvalue weighted by Gasteiger charge is 2.22. The van der Waals surface area contributed by atoms with Gasteiger partial charge in [0.05, 0.1) is 12.8 Å². The predicted octanol–water partition coefficient (Wildman–Crippen LogP) is 2.94. The van der Waals surface area contributed by atoms with Crippen LogP contribution in [0.2, 0.25) is 0 Å². The van der Waals surface area contributed by atoms with Crippen LogP contribution >= 0.6 is 0 Å². The average molecular weight is 338 g/mol. The van der Waals surface area contributed by atoms with Crippen molar-refractivity contribution in [3.05, 3.63) is 53.7 Å². The van der Waals surface area contributed by atoms with Crippen molar-refractivity contribution in [3.63, 3.8) is 0 Å². The molecule has 1 aliphatic rings. The molecule has 1 aliphatic heterocycles. The van der Waals surface area contributed by atoms with Crippen LogP contribution in [0.5, 0.6) is 11.5 Å². The maximum absolute atomic E-state index is 12.6. The van der Waals surface area contributed by atoms with Gasteiger partial charge in [-0.05, 0) is 24.3 Å². The van der Waals surface area contributed by atoms with Gasteiger partial charge in [-0.1, -0.05) is 18.2 Å². The Hall–Kier alpha value is -3.48. The highest BCUT2D eigenvalue weighted by atomic mass is 16.7. The molecule has 25 heavy (non-hydrogen) atoms. The Bertz CT molecular complexity index is 992. The van der Waals surface area contributed by atoms with Gasteiger partial charge in [-0.3, -0.25) is 4.79 Å². The van der Waals surface area contributed by atoms with Crippen molar-refractivity contribution in [1.29, 1.82) is 0 Å². The van der Waals surface area contributed by atoms with Gasteiger partial charge in [-0.25, -0.2) is 4.79 Å². The van der Waals surface area contributed by atoms with Crippen LogP contribution in [0.4, 0.5) is 5.69 Å². The summed E-state index contributed by atoms with van der Waals surface area (Å²) in [6.07, 6.45) is 0. The van der Waals surface area contributed by atoms with E-state index in [9.17, 15) is 9.59 Å². The lowest BCUT2D eigenvalue weighted by molar-refractivity contribution is 0.0596. The van der Waals surface area contributed by atoms with E-state index in [4.69, 9.17) is 14.2 Å². The largest absolute Gasteiger partial charge is 0.464 e. The smallest absolute Gasteiger partial charge is 0.356 e. The lowest BCUT2D eigenvalue weighted by atomic mass is 10.1. The number of ether oxygens (including phenoxy) is 3. The minimum absolute atomic E-state index is 0.134. The second-order valence-corrected chi connectivity index (χ2v) is 5.43. The molecule has 0 aliphatic carbocycles. The van der Waals surface area contributed by atoms with E-state index in [1.807, 2.05) is 24.3 Å². The first-order valence-corrected chi connectivity index (χ1v) is 7.57. The molecule has 2 heterocycles. The minimum Gasteiger partial charge on any atom is -0.464 e. The normalized spacial score (nSPS) is 12.2. The maximum atomic E-state index is 12.6. The van der Waals surface area contributed by atoms with E-state index in [0.29, 0.717) is 22.7 Å². The topological polar surface area (TPSA) is 89.7 Å². The van der Waals surface area contributed by atoms with E-state index in [2.05, 4.69) is 10.3 Å². The molecule has 0 saturated heterocycles. The SMILES string of the molecule is COC(=O)c1[nH]c2ccccc2c1NC(=O)c1ccc2c(c1)OCO2. The summed E-state index contributed by atoms with van der Waals surface area (Å²) in [5.41, 5.74) is 1.69. The number of fused-ring (bicyclic) bond motifs is 2. The van der Waals surface area contributed by atoms with Crippen molar-refractivity contribution >= 4 is 28.5 Å². The number of carbonyl (C=O) groups excluding carboxylic acids is 2. The number of carbonyl (C=O) groups is 2. The predicted molar refractivity (Wildman–Crippen MR) is 90.2 cm³/mol. The Morgan fingerprint density at radius 3 is 2.76 bits per heavy atom. The quantitative estimate of drug-likeness (QED) is 0.717. The maximum Gasteiger partial charge on any atom is 0.356 e. The molecule has 4 rings (SSSR count). The summed E-state index contributed by atoms with van der Waals surface area (Å²) < 4.78 is 15.3. The first kappa shape index (κ1) is 15.1. The zero-order valence-corrected chi connectivity index (χ0v) is 13.3. The molecule has 0 spiro atoms. The number of benzene rings is 2. The standard InChI is InChI=1S/C18H14N2O5/c1-23-18(22)16-15(11-4-2-3-5-12(11)19-16)20-17(21)10-6-7-13-14(8-10)25-9-24-13/h2-8,19H,9H2,1H3,(H,20,21). The zero-order valence-electron chi connectivity index (χ0n) is 13.3. The van der Waals surface area contributed by atoms with Gasteiger partial charge in [0.2, 0.25) is 6.79 Å². The third-order valence-corrected chi connectivity index (χ3v) is 3.97. The fraction of sp³-hybridized carbons (Fsp3) is 0.111. The second kappa shape index (κ2) is 5.86. The molecule has 0 atom stereocenters. The van der Waals surface area contributed by atoms with Gasteiger partial charge in [0, 0.05) is 16.5 Å². The fourth-order valence-corrected chi connectivity index (χ4v) is 2.75. The number of aromatic nitrogens is 1. The highest BCUT2D eigenvalue weighted by molar-refractivity contribution is 6.14. The monoisotopic (exact) mass is 338 g/mol. The summed E-state index contributed by atoms with van der Waals surface area (Å²) in [6.45, 7) is 0.134. The van der Waals surface area contributed by atoms with Crippen molar-refractivity contribution in [3.8, 4) is 11.5 Å². The Morgan fingerprint density at radius 2 is 1.92 bits per heavy atom.